The number of carbonyl (C=O) groups is 2. The Balaban J connectivity index is 1.51. The average molecular weight is 342 g/mol. The zero-order valence-electron chi connectivity index (χ0n) is 13.9. The summed E-state index contributed by atoms with van der Waals surface area (Å²) in [6.45, 7) is 0.395. The van der Waals surface area contributed by atoms with Gasteiger partial charge in [0.25, 0.3) is 0 Å². The fourth-order valence-corrected chi connectivity index (χ4v) is 3.19. The normalized spacial score (nSPS) is 20.0. The van der Waals surface area contributed by atoms with E-state index in [1.807, 2.05) is 36.5 Å². The summed E-state index contributed by atoms with van der Waals surface area (Å²) in [6.07, 6.45) is 6.21. The van der Waals surface area contributed by atoms with E-state index in [-0.39, 0.29) is 18.0 Å². The van der Waals surface area contributed by atoms with Crippen LogP contribution in [-0.4, -0.2) is 32.9 Å². The number of carboxylic acids is 1. The third kappa shape index (κ3) is 4.37. The number of hydrogen-bond acceptors (Lipinski definition) is 3. The number of carbonyl (C=O) groups excluding carboxylic acids is 1. The van der Waals surface area contributed by atoms with E-state index in [2.05, 4.69) is 15.7 Å². The highest BCUT2D eigenvalue weighted by Crippen LogP contribution is 2.24. The Bertz CT molecular complexity index is 722. The van der Waals surface area contributed by atoms with Crippen LogP contribution in [0.15, 0.2) is 42.7 Å². The molecule has 0 aliphatic heterocycles. The Hall–Kier alpha value is -2.83. The molecule has 0 radical (unpaired) electrons. The predicted octanol–water partition coefficient (Wildman–Crippen LogP) is 2.31. The number of amides is 2. The first kappa shape index (κ1) is 17.0. The van der Waals surface area contributed by atoms with Crippen LogP contribution in [0.5, 0.6) is 0 Å². The number of carboxylic acid groups (broad SMARTS) is 1. The van der Waals surface area contributed by atoms with Crippen LogP contribution in [0.2, 0.25) is 0 Å². The topological polar surface area (TPSA) is 96.3 Å². The van der Waals surface area contributed by atoms with Gasteiger partial charge in [-0.25, -0.2) is 9.48 Å². The minimum Gasteiger partial charge on any atom is -0.481 e. The number of nitrogens with one attached hydrogen (secondary N) is 2. The molecule has 7 nitrogen and oxygen atoms in total. The molecule has 1 aliphatic carbocycles. The number of aliphatic carboxylic acids is 1. The number of hydrogen-bond donors (Lipinski definition) is 3. The standard InChI is InChI=1S/C18H22N4O3/c23-17(24)13-6-8-15(9-7-13)21-18(25)19-12-14-4-1-2-5-16(14)22-11-3-10-20-22/h1-5,10-11,13,15H,6-9,12H2,(H,23,24)(H2,19,21,25). The van der Waals surface area contributed by atoms with E-state index in [0.29, 0.717) is 32.2 Å². The second kappa shape index (κ2) is 7.83. The van der Waals surface area contributed by atoms with E-state index in [1.165, 1.54) is 0 Å². The van der Waals surface area contributed by atoms with Gasteiger partial charge in [-0.05, 0) is 43.4 Å². The van der Waals surface area contributed by atoms with Crippen molar-refractivity contribution in [2.75, 3.05) is 0 Å². The first-order chi connectivity index (χ1) is 12.1. The SMILES string of the molecule is O=C(NCc1ccccc1-n1cccn1)NC1CCC(C(=O)O)CC1. The maximum atomic E-state index is 12.1. The van der Waals surface area contributed by atoms with Gasteiger partial charge in [0.2, 0.25) is 0 Å². The summed E-state index contributed by atoms with van der Waals surface area (Å²) in [6, 6.07) is 9.43. The van der Waals surface area contributed by atoms with Crippen LogP contribution < -0.4 is 10.6 Å². The Morgan fingerprint density at radius 1 is 1.16 bits per heavy atom. The van der Waals surface area contributed by atoms with Crippen LogP contribution in [0.3, 0.4) is 0 Å². The summed E-state index contributed by atoms with van der Waals surface area (Å²) in [7, 11) is 0. The lowest BCUT2D eigenvalue weighted by Crippen LogP contribution is -2.44. The van der Waals surface area contributed by atoms with Crippen molar-refractivity contribution in [3.8, 4) is 5.69 Å². The molecule has 1 saturated carbocycles. The number of nitrogens with zero attached hydrogens (tertiary/aromatic N) is 2. The summed E-state index contributed by atoms with van der Waals surface area (Å²) >= 11 is 0. The molecule has 1 aromatic heterocycles. The van der Waals surface area contributed by atoms with Crippen LogP contribution in [-0.2, 0) is 11.3 Å². The van der Waals surface area contributed by atoms with Gasteiger partial charge in [0.1, 0.15) is 0 Å². The molecule has 2 aromatic rings. The molecule has 1 aromatic carbocycles. The van der Waals surface area contributed by atoms with E-state index >= 15 is 0 Å². The molecular formula is C18H22N4O3. The van der Waals surface area contributed by atoms with Crippen LogP contribution in [0.1, 0.15) is 31.2 Å². The van der Waals surface area contributed by atoms with E-state index in [4.69, 9.17) is 5.11 Å². The quantitative estimate of drug-likeness (QED) is 0.777. The molecule has 3 N–H and O–H groups in total. The first-order valence-corrected chi connectivity index (χ1v) is 8.48. The van der Waals surface area contributed by atoms with Crippen LogP contribution in [0, 0.1) is 5.92 Å². The van der Waals surface area contributed by atoms with E-state index in [1.54, 1.807) is 10.9 Å². The van der Waals surface area contributed by atoms with Gasteiger partial charge in [-0.1, -0.05) is 18.2 Å². The van der Waals surface area contributed by atoms with Gasteiger partial charge in [0.05, 0.1) is 11.6 Å². The molecule has 0 saturated heterocycles. The molecule has 3 rings (SSSR count). The molecule has 1 fully saturated rings. The van der Waals surface area contributed by atoms with Crippen molar-refractivity contribution in [1.82, 2.24) is 20.4 Å². The fraction of sp³-hybridized carbons (Fsp3) is 0.389. The highest BCUT2D eigenvalue weighted by atomic mass is 16.4. The Morgan fingerprint density at radius 3 is 2.60 bits per heavy atom. The molecular weight excluding hydrogens is 320 g/mol. The number of benzene rings is 1. The number of rotatable bonds is 5. The lowest BCUT2D eigenvalue weighted by molar-refractivity contribution is -0.142. The molecule has 0 unspecified atom stereocenters. The third-order valence-corrected chi connectivity index (χ3v) is 4.59. The largest absolute Gasteiger partial charge is 0.481 e. The zero-order chi connectivity index (χ0) is 17.6. The molecule has 7 heteroatoms. The average Bonchev–Trinajstić information content (AvgIpc) is 3.15. The van der Waals surface area contributed by atoms with Crippen molar-refractivity contribution in [2.24, 2.45) is 5.92 Å². The summed E-state index contributed by atoms with van der Waals surface area (Å²) < 4.78 is 1.77. The molecule has 1 heterocycles. The van der Waals surface area contributed by atoms with Crippen molar-refractivity contribution in [2.45, 2.75) is 38.3 Å². The molecule has 0 atom stereocenters. The molecule has 2 amide bonds. The molecule has 0 bridgehead atoms. The fourth-order valence-electron chi connectivity index (χ4n) is 3.19. The van der Waals surface area contributed by atoms with Gasteiger partial charge in [0, 0.05) is 25.0 Å². The lowest BCUT2D eigenvalue weighted by Gasteiger charge is -2.26. The zero-order valence-corrected chi connectivity index (χ0v) is 13.9. The maximum absolute atomic E-state index is 12.1. The second-order valence-electron chi connectivity index (χ2n) is 6.29. The van der Waals surface area contributed by atoms with Crippen molar-refractivity contribution in [3.05, 3.63) is 48.3 Å². The molecule has 132 valence electrons. The molecule has 1 aliphatic rings. The smallest absolute Gasteiger partial charge is 0.315 e. The molecule has 25 heavy (non-hydrogen) atoms. The van der Waals surface area contributed by atoms with Gasteiger partial charge in [0.15, 0.2) is 0 Å². The van der Waals surface area contributed by atoms with Crippen molar-refractivity contribution in [3.63, 3.8) is 0 Å². The third-order valence-electron chi connectivity index (χ3n) is 4.59. The minimum absolute atomic E-state index is 0.0389. The van der Waals surface area contributed by atoms with Gasteiger partial charge in [-0.15, -0.1) is 0 Å². The Kier molecular flexibility index (Phi) is 5.33. The minimum atomic E-state index is -0.738. The van der Waals surface area contributed by atoms with Crippen molar-refractivity contribution in [1.29, 1.82) is 0 Å². The second-order valence-corrected chi connectivity index (χ2v) is 6.29. The number of urea groups is 1. The Labute approximate surface area is 146 Å². The summed E-state index contributed by atoms with van der Waals surface area (Å²) in [5.41, 5.74) is 1.89. The van der Waals surface area contributed by atoms with Crippen molar-refractivity contribution < 1.29 is 14.7 Å². The van der Waals surface area contributed by atoms with Crippen LogP contribution >= 0.6 is 0 Å². The van der Waals surface area contributed by atoms with Gasteiger partial charge < -0.3 is 15.7 Å². The monoisotopic (exact) mass is 342 g/mol. The highest BCUT2D eigenvalue weighted by molar-refractivity contribution is 5.74. The summed E-state index contributed by atoms with van der Waals surface area (Å²) in [5, 5.41) is 19.1. The number of aromatic nitrogens is 2. The molecule has 0 spiro atoms. The van der Waals surface area contributed by atoms with Gasteiger partial charge >= 0.3 is 12.0 Å². The van der Waals surface area contributed by atoms with E-state index in [0.717, 1.165) is 11.3 Å². The predicted molar refractivity (Wildman–Crippen MR) is 92.3 cm³/mol. The van der Waals surface area contributed by atoms with E-state index in [9.17, 15) is 9.59 Å². The van der Waals surface area contributed by atoms with Gasteiger partial charge in [-0.2, -0.15) is 5.10 Å². The number of para-hydroxylation sites is 1. The lowest BCUT2D eigenvalue weighted by atomic mass is 9.86. The summed E-state index contributed by atoms with van der Waals surface area (Å²) in [5.74, 6) is -1.01. The highest BCUT2D eigenvalue weighted by Gasteiger charge is 2.26. The Morgan fingerprint density at radius 2 is 1.92 bits per heavy atom. The summed E-state index contributed by atoms with van der Waals surface area (Å²) in [4.78, 5) is 23.1. The van der Waals surface area contributed by atoms with E-state index < -0.39 is 5.97 Å². The van der Waals surface area contributed by atoms with Crippen LogP contribution in [0.4, 0.5) is 4.79 Å². The van der Waals surface area contributed by atoms with Crippen molar-refractivity contribution >= 4 is 12.0 Å². The van der Waals surface area contributed by atoms with Crippen LogP contribution in [0.25, 0.3) is 5.69 Å². The van der Waals surface area contributed by atoms with Gasteiger partial charge in [-0.3, -0.25) is 4.79 Å². The first-order valence-electron chi connectivity index (χ1n) is 8.48. The maximum Gasteiger partial charge on any atom is 0.315 e.